The zero-order valence-corrected chi connectivity index (χ0v) is 16.9. The molecule has 0 saturated carbocycles. The van der Waals surface area contributed by atoms with Crippen molar-refractivity contribution >= 4 is 40.9 Å². The zero-order valence-electron chi connectivity index (χ0n) is 15.4. The van der Waals surface area contributed by atoms with E-state index >= 15 is 0 Å². The Labute approximate surface area is 163 Å². The predicted octanol–water partition coefficient (Wildman–Crippen LogP) is 3.83. The normalized spacial score (nSPS) is 18.5. The molecule has 1 aromatic carbocycles. The van der Waals surface area contributed by atoms with Gasteiger partial charge in [0.25, 0.3) is 5.91 Å². The van der Waals surface area contributed by atoms with Crippen molar-refractivity contribution in [3.8, 4) is 0 Å². The van der Waals surface area contributed by atoms with E-state index in [0.29, 0.717) is 15.6 Å². The smallest absolute Gasteiger partial charge is 0.310 e. The average molecular weight is 400 g/mol. The van der Waals surface area contributed by atoms with Gasteiger partial charge >= 0.3 is 5.97 Å². The third-order valence-corrected chi connectivity index (χ3v) is 5.17. The number of Topliss-reactive ketones (excluding diaryl/α,β-unsaturated/α-hetero) is 1. The molecule has 7 heteroatoms. The van der Waals surface area contributed by atoms with Crippen LogP contribution in [0.5, 0.6) is 0 Å². The quantitative estimate of drug-likeness (QED) is 0.721. The van der Waals surface area contributed by atoms with Crippen molar-refractivity contribution in [3.63, 3.8) is 0 Å². The molecule has 26 heavy (non-hydrogen) atoms. The van der Waals surface area contributed by atoms with Crippen molar-refractivity contribution in [1.29, 1.82) is 0 Å². The van der Waals surface area contributed by atoms with Crippen LogP contribution in [0.25, 0.3) is 0 Å². The van der Waals surface area contributed by atoms with Crippen LogP contribution in [-0.2, 0) is 25.5 Å². The van der Waals surface area contributed by atoms with Gasteiger partial charge in [-0.25, -0.2) is 0 Å². The van der Waals surface area contributed by atoms with Crippen LogP contribution in [0.4, 0.5) is 0 Å². The highest BCUT2D eigenvalue weighted by Gasteiger charge is 2.47. The van der Waals surface area contributed by atoms with Gasteiger partial charge in [0.2, 0.25) is 0 Å². The van der Waals surface area contributed by atoms with Crippen molar-refractivity contribution < 1.29 is 19.1 Å². The van der Waals surface area contributed by atoms with E-state index in [1.165, 1.54) is 0 Å². The maximum Gasteiger partial charge on any atom is 0.310 e. The van der Waals surface area contributed by atoms with Crippen molar-refractivity contribution in [2.24, 2.45) is 0 Å². The van der Waals surface area contributed by atoms with E-state index in [0.717, 1.165) is 0 Å². The molecule has 1 aromatic rings. The minimum atomic E-state index is -0.631. The molecule has 5 nitrogen and oxygen atoms in total. The number of halogens is 2. The lowest BCUT2D eigenvalue weighted by Crippen LogP contribution is -2.63. The molecule has 0 radical (unpaired) electrons. The largest absolute Gasteiger partial charge is 0.455 e. The van der Waals surface area contributed by atoms with Gasteiger partial charge in [0.1, 0.15) is 5.78 Å². The van der Waals surface area contributed by atoms with Crippen LogP contribution >= 0.6 is 23.2 Å². The number of rotatable bonds is 4. The SMILES string of the molecule is CC1(C)CC(=O)CC(C)(C)N1C(=O)COC(=O)Cc1c(Cl)cccc1Cl. The van der Waals surface area contributed by atoms with E-state index < -0.39 is 17.0 Å². The molecule has 2 rings (SSSR count). The van der Waals surface area contributed by atoms with E-state index in [-0.39, 0.29) is 37.6 Å². The molecule has 0 spiro atoms. The van der Waals surface area contributed by atoms with Gasteiger partial charge < -0.3 is 9.64 Å². The van der Waals surface area contributed by atoms with Gasteiger partial charge in [-0.15, -0.1) is 0 Å². The van der Waals surface area contributed by atoms with Gasteiger partial charge in [-0.05, 0) is 39.8 Å². The van der Waals surface area contributed by atoms with Crippen molar-refractivity contribution in [3.05, 3.63) is 33.8 Å². The second-order valence-corrected chi connectivity index (χ2v) is 8.60. The van der Waals surface area contributed by atoms with Crippen LogP contribution in [0.15, 0.2) is 18.2 Å². The van der Waals surface area contributed by atoms with Crippen LogP contribution in [0.1, 0.15) is 46.1 Å². The number of piperidine rings is 1. The van der Waals surface area contributed by atoms with Gasteiger partial charge in [0.05, 0.1) is 6.42 Å². The highest BCUT2D eigenvalue weighted by atomic mass is 35.5. The topological polar surface area (TPSA) is 63.7 Å². The Balaban J connectivity index is 2.03. The summed E-state index contributed by atoms with van der Waals surface area (Å²) < 4.78 is 5.15. The lowest BCUT2D eigenvalue weighted by molar-refractivity contribution is -0.163. The molecule has 0 unspecified atom stereocenters. The first kappa shape index (κ1) is 20.7. The van der Waals surface area contributed by atoms with E-state index in [2.05, 4.69) is 0 Å². The predicted molar refractivity (Wildman–Crippen MR) is 100 cm³/mol. The van der Waals surface area contributed by atoms with Crippen LogP contribution in [-0.4, -0.2) is 40.2 Å². The van der Waals surface area contributed by atoms with Crippen molar-refractivity contribution in [2.75, 3.05) is 6.61 Å². The summed E-state index contributed by atoms with van der Waals surface area (Å²) in [7, 11) is 0. The Morgan fingerprint density at radius 1 is 1.08 bits per heavy atom. The fourth-order valence-electron chi connectivity index (χ4n) is 3.78. The van der Waals surface area contributed by atoms with Crippen LogP contribution < -0.4 is 0 Å². The fourth-order valence-corrected chi connectivity index (χ4v) is 4.31. The van der Waals surface area contributed by atoms with Crippen LogP contribution in [0.3, 0.4) is 0 Å². The molecule has 142 valence electrons. The Morgan fingerprint density at radius 3 is 2.08 bits per heavy atom. The van der Waals surface area contributed by atoms with E-state index in [1.807, 2.05) is 27.7 Å². The average Bonchev–Trinajstić information content (AvgIpc) is 2.46. The van der Waals surface area contributed by atoms with E-state index in [9.17, 15) is 14.4 Å². The second-order valence-electron chi connectivity index (χ2n) is 7.78. The van der Waals surface area contributed by atoms with E-state index in [1.54, 1.807) is 23.1 Å². The number of hydrogen-bond acceptors (Lipinski definition) is 4. The first-order valence-corrected chi connectivity index (χ1v) is 9.13. The van der Waals surface area contributed by atoms with Gasteiger partial charge in [-0.1, -0.05) is 29.3 Å². The molecule has 1 amide bonds. The first-order valence-electron chi connectivity index (χ1n) is 8.37. The molecular weight excluding hydrogens is 377 g/mol. The molecular formula is C19H23Cl2NO4. The third-order valence-electron chi connectivity index (χ3n) is 4.46. The monoisotopic (exact) mass is 399 g/mol. The number of likely N-dealkylation sites (tertiary alicyclic amines) is 1. The summed E-state index contributed by atoms with van der Waals surface area (Å²) >= 11 is 12.1. The Morgan fingerprint density at radius 2 is 1.58 bits per heavy atom. The third kappa shape index (κ3) is 4.57. The maximum absolute atomic E-state index is 12.7. The number of ether oxygens (including phenoxy) is 1. The molecule has 1 saturated heterocycles. The standard InChI is InChI=1S/C19H23Cl2NO4/c1-18(2)9-12(23)10-19(3,4)22(18)16(24)11-26-17(25)8-13-14(20)6-5-7-15(13)21/h5-7H,8-11H2,1-4H3. The summed E-state index contributed by atoms with van der Waals surface area (Å²) in [4.78, 5) is 38.4. The number of esters is 1. The summed E-state index contributed by atoms with van der Waals surface area (Å²) in [6, 6.07) is 4.96. The highest BCUT2D eigenvalue weighted by molar-refractivity contribution is 6.36. The maximum atomic E-state index is 12.7. The Hall–Kier alpha value is -1.59. The summed E-state index contributed by atoms with van der Waals surface area (Å²) in [5, 5.41) is 0.746. The van der Waals surface area contributed by atoms with Gasteiger partial charge in [-0.2, -0.15) is 0 Å². The number of benzene rings is 1. The summed E-state index contributed by atoms with van der Waals surface area (Å²) in [6.45, 7) is 6.98. The zero-order chi connectivity index (χ0) is 19.7. The number of carbonyl (C=O) groups is 3. The van der Waals surface area contributed by atoms with Crippen molar-refractivity contribution in [2.45, 2.75) is 58.0 Å². The lowest BCUT2D eigenvalue weighted by atomic mass is 9.79. The van der Waals surface area contributed by atoms with Gasteiger partial charge in [0, 0.05) is 39.5 Å². The van der Waals surface area contributed by atoms with Crippen LogP contribution in [0, 0.1) is 0 Å². The molecule has 0 bridgehead atoms. The lowest BCUT2D eigenvalue weighted by Gasteiger charge is -2.51. The molecule has 0 atom stereocenters. The highest BCUT2D eigenvalue weighted by Crippen LogP contribution is 2.36. The summed E-state index contributed by atoms with van der Waals surface area (Å²) in [5.41, 5.74) is -0.791. The minimum absolute atomic E-state index is 0.114. The van der Waals surface area contributed by atoms with Crippen LogP contribution in [0.2, 0.25) is 10.0 Å². The molecule has 0 N–H and O–H groups in total. The van der Waals surface area contributed by atoms with Gasteiger partial charge in [-0.3, -0.25) is 14.4 Å². The van der Waals surface area contributed by atoms with E-state index in [4.69, 9.17) is 27.9 Å². The number of nitrogens with zero attached hydrogens (tertiary/aromatic N) is 1. The summed E-state index contributed by atoms with van der Waals surface area (Å²) in [6.07, 6.45) is 0.452. The minimum Gasteiger partial charge on any atom is -0.455 e. The Kier molecular flexibility index (Phi) is 6.03. The second kappa shape index (κ2) is 7.57. The molecule has 0 aromatic heterocycles. The summed E-state index contributed by atoms with van der Waals surface area (Å²) in [5.74, 6) is -0.794. The first-order chi connectivity index (χ1) is 11.9. The molecule has 1 fully saturated rings. The molecule has 1 aliphatic rings. The Bertz CT molecular complexity index is 703. The number of hydrogen-bond donors (Lipinski definition) is 0. The number of ketones is 1. The molecule has 1 heterocycles. The van der Waals surface area contributed by atoms with Crippen molar-refractivity contribution in [1.82, 2.24) is 4.90 Å². The molecule has 1 aliphatic heterocycles. The molecule has 0 aliphatic carbocycles. The number of amides is 1. The fraction of sp³-hybridized carbons (Fsp3) is 0.526. The van der Waals surface area contributed by atoms with Gasteiger partial charge in [0.15, 0.2) is 6.61 Å². The number of carbonyl (C=O) groups excluding carboxylic acids is 3.